The maximum Gasteiger partial charge on any atom is 0.119 e. The molecule has 5 N–H and O–H groups in total. The van der Waals surface area contributed by atoms with E-state index in [9.17, 15) is 10.2 Å². The molecular weight excluding hydrogens is 256 g/mol. The number of nitrogens with two attached hydrogens (primary N) is 1. The Hall–Kier alpha value is -2.40. The number of phenolic OH excluding ortho intramolecular Hbond substituents is 2. The topological polar surface area (TPSA) is 87.7 Å². The molecule has 0 fully saturated rings. The van der Waals surface area contributed by atoms with E-state index in [-0.39, 0.29) is 11.5 Å². The first-order chi connectivity index (χ1) is 9.60. The van der Waals surface area contributed by atoms with E-state index < -0.39 is 0 Å². The van der Waals surface area contributed by atoms with Crippen molar-refractivity contribution in [1.82, 2.24) is 0 Å². The van der Waals surface area contributed by atoms with Gasteiger partial charge in [0.2, 0.25) is 0 Å². The largest absolute Gasteiger partial charge is 0.508 e. The normalized spacial score (nSPS) is 10.4. The lowest BCUT2D eigenvalue weighted by molar-refractivity contribution is 0.211. The van der Waals surface area contributed by atoms with Gasteiger partial charge in [-0.15, -0.1) is 0 Å². The molecule has 20 heavy (non-hydrogen) atoms. The van der Waals surface area contributed by atoms with Crippen LogP contribution in [0, 0.1) is 0 Å². The molecule has 5 nitrogen and oxygen atoms in total. The summed E-state index contributed by atoms with van der Waals surface area (Å²) in [5.41, 5.74) is 8.85. The molecular formula is C15H18N2O3. The number of anilines is 2. The fourth-order valence-electron chi connectivity index (χ4n) is 1.96. The predicted octanol–water partition coefficient (Wildman–Crippen LogP) is 2.41. The monoisotopic (exact) mass is 274 g/mol. The minimum atomic E-state index is -0.00264. The van der Waals surface area contributed by atoms with E-state index in [0.717, 1.165) is 11.3 Å². The second-order valence-corrected chi connectivity index (χ2v) is 4.46. The molecule has 2 aromatic rings. The highest BCUT2D eigenvalue weighted by Gasteiger charge is 2.07. The van der Waals surface area contributed by atoms with E-state index in [1.165, 1.54) is 6.07 Å². The molecule has 0 heterocycles. The number of rotatable bonds is 5. The number of hydrogen-bond acceptors (Lipinski definition) is 5. The van der Waals surface area contributed by atoms with Crippen molar-refractivity contribution < 1.29 is 14.9 Å². The van der Waals surface area contributed by atoms with Crippen molar-refractivity contribution in [2.75, 3.05) is 31.3 Å². The van der Waals surface area contributed by atoms with Gasteiger partial charge in [0.15, 0.2) is 0 Å². The van der Waals surface area contributed by atoms with Gasteiger partial charge in [0.05, 0.1) is 6.61 Å². The van der Waals surface area contributed by atoms with Crippen LogP contribution in [0.4, 0.5) is 11.4 Å². The summed E-state index contributed by atoms with van der Waals surface area (Å²) in [6.45, 7) is 1.29. The third-order valence-corrected chi connectivity index (χ3v) is 2.90. The molecule has 0 saturated carbocycles. The minimum absolute atomic E-state index is 0.00264. The Labute approximate surface area is 117 Å². The second kappa shape index (κ2) is 6.16. The van der Waals surface area contributed by atoms with Crippen LogP contribution < -0.4 is 11.1 Å². The first-order valence-corrected chi connectivity index (χ1v) is 6.26. The maximum atomic E-state index is 9.56. The van der Waals surface area contributed by atoms with Crippen LogP contribution in [0.3, 0.4) is 0 Å². The van der Waals surface area contributed by atoms with E-state index in [1.54, 1.807) is 25.3 Å². The average Bonchev–Trinajstić information content (AvgIpc) is 2.40. The number of phenols is 2. The van der Waals surface area contributed by atoms with Gasteiger partial charge in [0, 0.05) is 36.7 Å². The molecule has 0 aliphatic rings. The highest BCUT2D eigenvalue weighted by Crippen LogP contribution is 2.33. The fraction of sp³-hybridized carbons (Fsp3) is 0.200. The first kappa shape index (κ1) is 14.0. The number of nitrogen functional groups attached to an aromatic ring is 1. The molecule has 106 valence electrons. The Bertz CT molecular complexity index is 579. The Balaban J connectivity index is 2.32. The SMILES string of the molecule is COCCNc1ccc(N)c(-c2cc(O)cc(O)c2)c1. The Morgan fingerprint density at radius 3 is 2.45 bits per heavy atom. The van der Waals surface area contributed by atoms with Gasteiger partial charge in [0.1, 0.15) is 11.5 Å². The minimum Gasteiger partial charge on any atom is -0.508 e. The molecule has 0 aromatic heterocycles. The van der Waals surface area contributed by atoms with Crippen LogP contribution >= 0.6 is 0 Å². The molecule has 0 atom stereocenters. The van der Waals surface area contributed by atoms with Crippen LogP contribution in [-0.4, -0.2) is 30.5 Å². The molecule has 0 amide bonds. The summed E-state index contributed by atoms with van der Waals surface area (Å²) >= 11 is 0. The van der Waals surface area contributed by atoms with Gasteiger partial charge in [-0.25, -0.2) is 0 Å². The van der Waals surface area contributed by atoms with Crippen LogP contribution in [0.2, 0.25) is 0 Å². The highest BCUT2D eigenvalue weighted by molar-refractivity contribution is 5.81. The lowest BCUT2D eigenvalue weighted by Gasteiger charge is -2.11. The molecule has 0 radical (unpaired) electrons. The smallest absolute Gasteiger partial charge is 0.119 e. The number of nitrogens with one attached hydrogen (secondary N) is 1. The lowest BCUT2D eigenvalue weighted by Crippen LogP contribution is -2.07. The molecule has 0 aliphatic heterocycles. The van der Waals surface area contributed by atoms with Crippen LogP contribution in [-0.2, 0) is 4.74 Å². The standard InChI is InChI=1S/C15H18N2O3/c1-20-5-4-17-11-2-3-15(16)14(8-11)10-6-12(18)9-13(19)7-10/h2-3,6-9,17-19H,4-5,16H2,1H3. The van der Waals surface area contributed by atoms with E-state index >= 15 is 0 Å². The second-order valence-electron chi connectivity index (χ2n) is 4.46. The van der Waals surface area contributed by atoms with Gasteiger partial charge in [-0.1, -0.05) is 0 Å². The van der Waals surface area contributed by atoms with Gasteiger partial charge in [0.25, 0.3) is 0 Å². The Kier molecular flexibility index (Phi) is 4.32. The zero-order valence-corrected chi connectivity index (χ0v) is 11.3. The van der Waals surface area contributed by atoms with Crippen LogP contribution in [0.5, 0.6) is 11.5 Å². The van der Waals surface area contributed by atoms with Crippen molar-refractivity contribution in [1.29, 1.82) is 0 Å². The first-order valence-electron chi connectivity index (χ1n) is 6.26. The van der Waals surface area contributed by atoms with Crippen molar-refractivity contribution >= 4 is 11.4 Å². The molecule has 0 saturated heterocycles. The van der Waals surface area contributed by atoms with Gasteiger partial charge in [-0.3, -0.25) is 0 Å². The average molecular weight is 274 g/mol. The van der Waals surface area contributed by atoms with E-state index in [2.05, 4.69) is 5.32 Å². The molecule has 0 unspecified atom stereocenters. The van der Waals surface area contributed by atoms with E-state index in [0.29, 0.717) is 24.4 Å². The number of ether oxygens (including phenoxy) is 1. The number of aromatic hydroxyl groups is 2. The van der Waals surface area contributed by atoms with Gasteiger partial charge < -0.3 is 26.0 Å². The van der Waals surface area contributed by atoms with Crippen LogP contribution in [0.15, 0.2) is 36.4 Å². The summed E-state index contributed by atoms with van der Waals surface area (Å²) in [4.78, 5) is 0. The Morgan fingerprint density at radius 1 is 1.10 bits per heavy atom. The summed E-state index contributed by atoms with van der Waals surface area (Å²) < 4.78 is 4.98. The van der Waals surface area contributed by atoms with Gasteiger partial charge >= 0.3 is 0 Å². The van der Waals surface area contributed by atoms with Gasteiger partial charge in [-0.05, 0) is 35.9 Å². The lowest BCUT2D eigenvalue weighted by atomic mass is 10.0. The third kappa shape index (κ3) is 3.33. The molecule has 2 rings (SSSR count). The fourth-order valence-corrected chi connectivity index (χ4v) is 1.96. The molecule has 0 bridgehead atoms. The summed E-state index contributed by atoms with van der Waals surface area (Å²) in [6, 6.07) is 9.93. The number of benzene rings is 2. The summed E-state index contributed by atoms with van der Waals surface area (Å²) in [5.74, 6) is -0.00529. The van der Waals surface area contributed by atoms with E-state index in [1.807, 2.05) is 12.1 Å². The number of methoxy groups -OCH3 is 1. The van der Waals surface area contributed by atoms with Crippen LogP contribution in [0.1, 0.15) is 0 Å². The predicted molar refractivity (Wildman–Crippen MR) is 80.0 cm³/mol. The van der Waals surface area contributed by atoms with Crippen molar-refractivity contribution in [2.45, 2.75) is 0 Å². The summed E-state index contributed by atoms with van der Waals surface area (Å²) in [7, 11) is 1.64. The molecule has 0 spiro atoms. The molecule has 0 aliphatic carbocycles. The quantitative estimate of drug-likeness (QED) is 0.497. The van der Waals surface area contributed by atoms with Crippen molar-refractivity contribution in [2.24, 2.45) is 0 Å². The van der Waals surface area contributed by atoms with Crippen LogP contribution in [0.25, 0.3) is 11.1 Å². The zero-order chi connectivity index (χ0) is 14.5. The van der Waals surface area contributed by atoms with Crippen molar-refractivity contribution in [3.63, 3.8) is 0 Å². The maximum absolute atomic E-state index is 9.56. The van der Waals surface area contributed by atoms with Gasteiger partial charge in [-0.2, -0.15) is 0 Å². The zero-order valence-electron chi connectivity index (χ0n) is 11.3. The van der Waals surface area contributed by atoms with E-state index in [4.69, 9.17) is 10.5 Å². The summed E-state index contributed by atoms with van der Waals surface area (Å²) in [5, 5.41) is 22.3. The Morgan fingerprint density at radius 2 is 1.80 bits per heavy atom. The number of hydrogen-bond donors (Lipinski definition) is 4. The molecule has 5 heteroatoms. The van der Waals surface area contributed by atoms with Crippen molar-refractivity contribution in [3.8, 4) is 22.6 Å². The highest BCUT2D eigenvalue weighted by atomic mass is 16.5. The summed E-state index contributed by atoms with van der Waals surface area (Å²) in [6.07, 6.45) is 0. The third-order valence-electron chi connectivity index (χ3n) is 2.90. The van der Waals surface area contributed by atoms with Crippen molar-refractivity contribution in [3.05, 3.63) is 36.4 Å². The molecule has 2 aromatic carbocycles.